The van der Waals surface area contributed by atoms with Crippen LogP contribution in [0.15, 0.2) is 0 Å². The number of hydrogen-bond acceptors (Lipinski definition) is 3. The highest BCUT2D eigenvalue weighted by Gasteiger charge is 2.23. The molecule has 2 unspecified atom stereocenters. The van der Waals surface area contributed by atoms with Crippen molar-refractivity contribution in [2.24, 2.45) is 0 Å². The average Bonchev–Trinajstić information content (AvgIpc) is 2.03. The lowest BCUT2D eigenvalue weighted by molar-refractivity contribution is -0.119. The van der Waals surface area contributed by atoms with Gasteiger partial charge in [-0.15, -0.1) is 0 Å². The minimum Gasteiger partial charge on any atom is -0.379 e. The third kappa shape index (κ3) is 3.08. The molecule has 1 rings (SSSR count). The summed E-state index contributed by atoms with van der Waals surface area (Å²) in [6.45, 7) is 8.46. The van der Waals surface area contributed by atoms with Crippen LogP contribution in [-0.4, -0.2) is 42.5 Å². The third-order valence-electron chi connectivity index (χ3n) is 2.57. The van der Waals surface area contributed by atoms with E-state index in [1.807, 2.05) is 0 Å². The van der Waals surface area contributed by atoms with Crippen molar-refractivity contribution >= 4 is 5.78 Å². The van der Waals surface area contributed by atoms with Gasteiger partial charge in [0.2, 0.25) is 0 Å². The van der Waals surface area contributed by atoms with Gasteiger partial charge in [0, 0.05) is 25.0 Å². The normalized spacial score (nSPS) is 27.2. The molecule has 1 aliphatic rings. The van der Waals surface area contributed by atoms with Crippen LogP contribution < -0.4 is 0 Å². The Balaban J connectivity index is 2.43. The van der Waals surface area contributed by atoms with E-state index in [-0.39, 0.29) is 5.78 Å². The predicted octanol–water partition coefficient (Wildman–Crippen LogP) is 1.07. The summed E-state index contributed by atoms with van der Waals surface area (Å²) >= 11 is 0. The zero-order valence-corrected chi connectivity index (χ0v) is 8.75. The lowest BCUT2D eigenvalue weighted by Crippen LogP contribution is -2.48. The lowest BCUT2D eigenvalue weighted by Gasteiger charge is -2.37. The first-order valence-corrected chi connectivity index (χ1v) is 4.94. The van der Waals surface area contributed by atoms with E-state index in [0.717, 1.165) is 19.8 Å². The van der Waals surface area contributed by atoms with Crippen molar-refractivity contribution in [3.63, 3.8) is 0 Å². The number of rotatable bonds is 3. The number of ether oxygens (including phenoxy) is 1. The molecule has 0 aromatic rings. The maximum atomic E-state index is 10.9. The molecular weight excluding hydrogens is 166 g/mol. The number of hydrogen-bond donors (Lipinski definition) is 0. The van der Waals surface area contributed by atoms with E-state index in [1.54, 1.807) is 6.92 Å². The first-order valence-electron chi connectivity index (χ1n) is 4.94. The molecule has 1 aliphatic heterocycles. The molecule has 0 aromatic carbocycles. The number of ketones is 1. The van der Waals surface area contributed by atoms with Gasteiger partial charge in [0.15, 0.2) is 0 Å². The maximum Gasteiger partial charge on any atom is 0.131 e. The molecule has 0 N–H and O–H groups in total. The van der Waals surface area contributed by atoms with Gasteiger partial charge in [0.05, 0.1) is 13.2 Å². The highest BCUT2D eigenvalue weighted by molar-refractivity contribution is 5.76. The standard InChI is InChI=1S/C10H19NO2/c1-8(6-10(3)12)11-4-5-13-7-9(11)2/h8-9H,4-7H2,1-3H3. The number of carbonyl (C=O) groups excluding carboxylic acids is 1. The Hall–Kier alpha value is -0.410. The summed E-state index contributed by atoms with van der Waals surface area (Å²) in [6.07, 6.45) is 0.657. The first-order chi connectivity index (χ1) is 6.11. The number of nitrogens with zero attached hydrogens (tertiary/aromatic N) is 1. The summed E-state index contributed by atoms with van der Waals surface area (Å²) < 4.78 is 5.34. The van der Waals surface area contributed by atoms with Crippen molar-refractivity contribution in [3.8, 4) is 0 Å². The molecule has 1 heterocycles. The largest absolute Gasteiger partial charge is 0.379 e. The van der Waals surface area contributed by atoms with E-state index in [2.05, 4.69) is 18.7 Å². The summed E-state index contributed by atoms with van der Waals surface area (Å²) in [6, 6.07) is 0.805. The summed E-state index contributed by atoms with van der Waals surface area (Å²) in [5.74, 6) is 0.270. The highest BCUT2D eigenvalue weighted by Crippen LogP contribution is 2.13. The van der Waals surface area contributed by atoms with Crippen LogP contribution >= 0.6 is 0 Å². The van der Waals surface area contributed by atoms with Crippen molar-refractivity contribution in [1.29, 1.82) is 0 Å². The van der Waals surface area contributed by atoms with E-state index in [1.165, 1.54) is 0 Å². The minimum absolute atomic E-state index is 0.270. The molecule has 1 fully saturated rings. The molecule has 0 bridgehead atoms. The Labute approximate surface area is 80.1 Å². The second-order valence-corrected chi connectivity index (χ2v) is 3.92. The molecule has 0 amide bonds. The zero-order valence-electron chi connectivity index (χ0n) is 8.75. The van der Waals surface area contributed by atoms with E-state index >= 15 is 0 Å². The molecule has 0 radical (unpaired) electrons. The topological polar surface area (TPSA) is 29.5 Å². The fraction of sp³-hybridized carbons (Fsp3) is 0.900. The Morgan fingerprint density at radius 2 is 2.38 bits per heavy atom. The molecule has 2 atom stereocenters. The van der Waals surface area contributed by atoms with Crippen molar-refractivity contribution in [2.75, 3.05) is 19.8 Å². The number of Topliss-reactive ketones (excluding diaryl/α,β-unsaturated/α-hetero) is 1. The molecule has 1 saturated heterocycles. The van der Waals surface area contributed by atoms with Crippen LogP contribution in [0.1, 0.15) is 27.2 Å². The smallest absolute Gasteiger partial charge is 0.131 e. The molecular formula is C10H19NO2. The molecule has 0 aliphatic carbocycles. The van der Waals surface area contributed by atoms with E-state index in [4.69, 9.17) is 4.74 Å². The molecule has 0 spiro atoms. The van der Waals surface area contributed by atoms with Gasteiger partial charge >= 0.3 is 0 Å². The monoisotopic (exact) mass is 185 g/mol. The van der Waals surface area contributed by atoms with Crippen LogP contribution in [0.25, 0.3) is 0 Å². The van der Waals surface area contributed by atoms with E-state index in [9.17, 15) is 4.79 Å². The van der Waals surface area contributed by atoms with Crippen molar-refractivity contribution in [2.45, 2.75) is 39.3 Å². The van der Waals surface area contributed by atoms with Gasteiger partial charge in [-0.3, -0.25) is 9.69 Å². The lowest BCUT2D eigenvalue weighted by atomic mass is 10.1. The Morgan fingerprint density at radius 3 is 2.92 bits per heavy atom. The molecule has 3 heteroatoms. The zero-order chi connectivity index (χ0) is 9.84. The molecule has 0 aromatic heterocycles. The van der Waals surface area contributed by atoms with Crippen LogP contribution in [0, 0.1) is 0 Å². The van der Waals surface area contributed by atoms with Crippen LogP contribution in [0.5, 0.6) is 0 Å². The Morgan fingerprint density at radius 1 is 1.69 bits per heavy atom. The summed E-state index contributed by atoms with van der Waals surface area (Å²) in [5, 5.41) is 0. The highest BCUT2D eigenvalue weighted by atomic mass is 16.5. The Kier molecular flexibility index (Phi) is 3.88. The van der Waals surface area contributed by atoms with Crippen LogP contribution in [-0.2, 0) is 9.53 Å². The maximum absolute atomic E-state index is 10.9. The van der Waals surface area contributed by atoms with Crippen LogP contribution in [0.3, 0.4) is 0 Å². The molecule has 13 heavy (non-hydrogen) atoms. The van der Waals surface area contributed by atoms with Gasteiger partial charge in [-0.25, -0.2) is 0 Å². The van der Waals surface area contributed by atoms with Crippen molar-refractivity contribution < 1.29 is 9.53 Å². The third-order valence-corrected chi connectivity index (χ3v) is 2.57. The minimum atomic E-state index is 0.270. The van der Waals surface area contributed by atoms with Crippen LogP contribution in [0.4, 0.5) is 0 Å². The SMILES string of the molecule is CC(=O)CC(C)N1CCOCC1C. The Bertz CT molecular complexity index is 182. The number of morpholine rings is 1. The summed E-state index contributed by atoms with van der Waals surface area (Å²) in [4.78, 5) is 13.3. The summed E-state index contributed by atoms with van der Waals surface area (Å²) in [7, 11) is 0. The van der Waals surface area contributed by atoms with Crippen molar-refractivity contribution in [1.82, 2.24) is 4.90 Å². The van der Waals surface area contributed by atoms with E-state index < -0.39 is 0 Å². The summed E-state index contributed by atoms with van der Waals surface area (Å²) in [5.41, 5.74) is 0. The molecule has 76 valence electrons. The first kappa shape index (κ1) is 10.7. The second-order valence-electron chi connectivity index (χ2n) is 3.92. The number of carbonyl (C=O) groups is 1. The molecule has 3 nitrogen and oxygen atoms in total. The molecule has 0 saturated carbocycles. The van der Waals surface area contributed by atoms with Crippen LogP contribution in [0.2, 0.25) is 0 Å². The fourth-order valence-electron chi connectivity index (χ4n) is 1.93. The average molecular weight is 185 g/mol. The van der Waals surface area contributed by atoms with Gasteiger partial charge < -0.3 is 4.74 Å². The quantitative estimate of drug-likeness (QED) is 0.659. The van der Waals surface area contributed by atoms with E-state index in [0.29, 0.717) is 18.5 Å². The van der Waals surface area contributed by atoms with Gasteiger partial charge in [-0.05, 0) is 20.8 Å². The second kappa shape index (κ2) is 4.72. The van der Waals surface area contributed by atoms with Gasteiger partial charge in [-0.2, -0.15) is 0 Å². The van der Waals surface area contributed by atoms with Gasteiger partial charge in [0.25, 0.3) is 0 Å². The predicted molar refractivity (Wildman–Crippen MR) is 51.7 cm³/mol. The van der Waals surface area contributed by atoms with Gasteiger partial charge in [0.1, 0.15) is 5.78 Å². The fourth-order valence-corrected chi connectivity index (χ4v) is 1.93. The van der Waals surface area contributed by atoms with Gasteiger partial charge in [-0.1, -0.05) is 0 Å². The van der Waals surface area contributed by atoms with Crippen molar-refractivity contribution in [3.05, 3.63) is 0 Å².